The fraction of sp³-hybridized carbons (Fsp3) is 0.219. The van der Waals surface area contributed by atoms with Gasteiger partial charge in [-0.3, -0.25) is 4.79 Å². The maximum Gasteiger partial charge on any atom is 0.255 e. The van der Waals surface area contributed by atoms with Crippen LogP contribution in [0.1, 0.15) is 21.5 Å². The number of carbonyl (C=O) groups excluding carboxylic acids is 1. The normalized spacial score (nSPS) is 13.9. The molecule has 0 spiro atoms. The minimum atomic E-state index is -0.150. The number of benzene rings is 3. The lowest BCUT2D eigenvalue weighted by molar-refractivity contribution is 0.102. The smallest absolute Gasteiger partial charge is 0.255 e. The number of anilines is 4. The zero-order valence-corrected chi connectivity index (χ0v) is 23.0. The van der Waals surface area contributed by atoms with Crippen LogP contribution < -0.4 is 15.5 Å². The van der Waals surface area contributed by atoms with E-state index in [0.29, 0.717) is 11.4 Å². The van der Waals surface area contributed by atoms with Gasteiger partial charge in [0.25, 0.3) is 5.91 Å². The second kappa shape index (κ2) is 10.8. The van der Waals surface area contributed by atoms with Crippen LogP contribution in [0.5, 0.6) is 0 Å². The minimum Gasteiger partial charge on any atom is -0.369 e. The molecule has 1 saturated heterocycles. The van der Waals surface area contributed by atoms with Crippen LogP contribution >= 0.6 is 0 Å². The summed E-state index contributed by atoms with van der Waals surface area (Å²) >= 11 is 0. The van der Waals surface area contributed by atoms with Crippen molar-refractivity contribution >= 4 is 39.8 Å². The van der Waals surface area contributed by atoms with Crippen LogP contribution in [-0.4, -0.2) is 59.0 Å². The number of hydrogen-bond donors (Lipinski definition) is 3. The van der Waals surface area contributed by atoms with Gasteiger partial charge in [0.15, 0.2) is 5.82 Å². The average Bonchev–Trinajstić information content (AvgIpc) is 3.45. The second-order valence-electron chi connectivity index (χ2n) is 10.4. The molecule has 8 nitrogen and oxygen atoms in total. The van der Waals surface area contributed by atoms with Gasteiger partial charge in [0.2, 0.25) is 0 Å². The molecule has 5 aromatic rings. The number of aryl methyl sites for hydroxylation is 1. The number of piperazine rings is 1. The van der Waals surface area contributed by atoms with Gasteiger partial charge in [-0.2, -0.15) is 0 Å². The molecule has 6 rings (SSSR count). The number of amides is 1. The number of carbonyl (C=O) groups is 1. The number of fused-ring (bicyclic) bond motifs is 1. The lowest BCUT2D eigenvalue weighted by atomic mass is 10.1. The topological polar surface area (TPSA) is 89.2 Å². The summed E-state index contributed by atoms with van der Waals surface area (Å²) in [7, 11) is 2.17. The van der Waals surface area contributed by atoms with Gasteiger partial charge in [-0.15, -0.1) is 0 Å². The molecular formula is C32H33N7O. The van der Waals surface area contributed by atoms with E-state index in [4.69, 9.17) is 9.97 Å². The van der Waals surface area contributed by atoms with Gasteiger partial charge < -0.3 is 25.4 Å². The Labute approximate surface area is 234 Å². The van der Waals surface area contributed by atoms with Crippen LogP contribution in [0.15, 0.2) is 79.0 Å². The van der Waals surface area contributed by atoms with E-state index >= 15 is 0 Å². The molecule has 2 aromatic heterocycles. The van der Waals surface area contributed by atoms with Crippen molar-refractivity contribution in [3.8, 4) is 11.4 Å². The largest absolute Gasteiger partial charge is 0.369 e. The Morgan fingerprint density at radius 3 is 2.38 bits per heavy atom. The van der Waals surface area contributed by atoms with Crippen LogP contribution in [0.3, 0.4) is 0 Å². The molecule has 0 unspecified atom stereocenters. The number of hydrogen-bond acceptors (Lipinski definition) is 6. The monoisotopic (exact) mass is 531 g/mol. The third kappa shape index (κ3) is 5.26. The quantitative estimate of drug-likeness (QED) is 0.249. The Morgan fingerprint density at radius 1 is 0.875 bits per heavy atom. The van der Waals surface area contributed by atoms with E-state index in [-0.39, 0.29) is 5.91 Å². The highest BCUT2D eigenvalue weighted by atomic mass is 16.1. The summed E-state index contributed by atoms with van der Waals surface area (Å²) in [5, 5.41) is 7.47. The van der Waals surface area contributed by atoms with Crippen molar-refractivity contribution in [1.29, 1.82) is 0 Å². The number of aromatic nitrogens is 3. The molecule has 0 aliphatic carbocycles. The highest BCUT2D eigenvalue weighted by Gasteiger charge is 2.17. The van der Waals surface area contributed by atoms with E-state index in [9.17, 15) is 4.79 Å². The number of likely N-dealkylation sites (N-methyl/N-ethyl adjacent to an activating group) is 1. The summed E-state index contributed by atoms with van der Waals surface area (Å²) in [6.07, 6.45) is 1.87. The Kier molecular flexibility index (Phi) is 6.92. The van der Waals surface area contributed by atoms with Gasteiger partial charge >= 0.3 is 0 Å². The molecule has 0 radical (unpaired) electrons. The molecule has 0 atom stereocenters. The van der Waals surface area contributed by atoms with Gasteiger partial charge in [-0.1, -0.05) is 29.8 Å². The molecule has 8 heteroatoms. The van der Waals surface area contributed by atoms with Crippen molar-refractivity contribution in [1.82, 2.24) is 19.9 Å². The Hall–Kier alpha value is -4.69. The Balaban J connectivity index is 1.27. The van der Waals surface area contributed by atoms with E-state index in [1.54, 1.807) is 0 Å². The molecule has 0 bridgehead atoms. The van der Waals surface area contributed by atoms with Crippen molar-refractivity contribution in [2.45, 2.75) is 13.8 Å². The SMILES string of the molecule is Cc1ccc(C(=O)Nc2cccc(-c3nc(Nc4ccc(N5CCN(C)CC5)cc4)c4cc[nH]c4n3)c2C)cc1. The molecule has 3 heterocycles. The molecular weight excluding hydrogens is 498 g/mol. The third-order valence-corrected chi connectivity index (χ3v) is 7.55. The van der Waals surface area contributed by atoms with Crippen molar-refractivity contribution in [3.63, 3.8) is 0 Å². The van der Waals surface area contributed by atoms with Crippen molar-refractivity contribution in [3.05, 3.63) is 95.7 Å². The molecule has 1 aliphatic rings. The first kappa shape index (κ1) is 25.6. The first-order chi connectivity index (χ1) is 19.4. The zero-order chi connectivity index (χ0) is 27.6. The van der Waals surface area contributed by atoms with Crippen LogP contribution in [0, 0.1) is 13.8 Å². The number of H-pyrrole nitrogens is 1. The average molecular weight is 532 g/mol. The molecule has 1 amide bonds. The van der Waals surface area contributed by atoms with E-state index < -0.39 is 0 Å². The highest BCUT2D eigenvalue weighted by molar-refractivity contribution is 6.05. The van der Waals surface area contributed by atoms with Gasteiger partial charge in [0.1, 0.15) is 11.5 Å². The minimum absolute atomic E-state index is 0.150. The summed E-state index contributed by atoms with van der Waals surface area (Å²) in [5.74, 6) is 1.15. The van der Waals surface area contributed by atoms with E-state index in [0.717, 1.165) is 71.1 Å². The summed E-state index contributed by atoms with van der Waals surface area (Å²) in [6.45, 7) is 8.20. The number of rotatable bonds is 6. The molecule has 1 aliphatic heterocycles. The Bertz CT molecular complexity index is 1650. The first-order valence-electron chi connectivity index (χ1n) is 13.6. The summed E-state index contributed by atoms with van der Waals surface area (Å²) < 4.78 is 0. The van der Waals surface area contributed by atoms with Gasteiger partial charge in [-0.05, 0) is 75.0 Å². The lowest BCUT2D eigenvalue weighted by Gasteiger charge is -2.34. The fourth-order valence-electron chi connectivity index (χ4n) is 5.03. The van der Waals surface area contributed by atoms with Crippen LogP contribution in [0.4, 0.5) is 22.9 Å². The fourth-order valence-corrected chi connectivity index (χ4v) is 5.03. The predicted octanol–water partition coefficient (Wildman–Crippen LogP) is 5.99. The molecule has 202 valence electrons. The van der Waals surface area contributed by atoms with Gasteiger partial charge in [0.05, 0.1) is 5.39 Å². The summed E-state index contributed by atoms with van der Waals surface area (Å²) in [4.78, 5) is 30.7. The first-order valence-corrected chi connectivity index (χ1v) is 13.6. The summed E-state index contributed by atoms with van der Waals surface area (Å²) in [5.41, 5.74) is 7.15. The van der Waals surface area contributed by atoms with E-state index in [1.165, 1.54) is 5.69 Å². The van der Waals surface area contributed by atoms with Gasteiger partial charge in [0, 0.05) is 60.6 Å². The lowest BCUT2D eigenvalue weighted by Crippen LogP contribution is -2.44. The van der Waals surface area contributed by atoms with Crippen LogP contribution in [-0.2, 0) is 0 Å². The molecule has 40 heavy (non-hydrogen) atoms. The number of aromatic amines is 1. The third-order valence-electron chi connectivity index (χ3n) is 7.55. The highest BCUT2D eigenvalue weighted by Crippen LogP contribution is 2.31. The maximum absolute atomic E-state index is 12.9. The van der Waals surface area contributed by atoms with Crippen molar-refractivity contribution < 1.29 is 4.79 Å². The summed E-state index contributed by atoms with van der Waals surface area (Å²) in [6, 6.07) is 23.8. The van der Waals surface area contributed by atoms with Gasteiger partial charge in [-0.25, -0.2) is 9.97 Å². The molecule has 3 aromatic carbocycles. The second-order valence-corrected chi connectivity index (χ2v) is 10.4. The van der Waals surface area contributed by atoms with E-state index in [1.807, 2.05) is 68.6 Å². The number of nitrogens with zero attached hydrogens (tertiary/aromatic N) is 4. The maximum atomic E-state index is 12.9. The molecule has 3 N–H and O–H groups in total. The number of nitrogens with one attached hydrogen (secondary N) is 3. The zero-order valence-electron chi connectivity index (χ0n) is 23.0. The molecule has 0 saturated carbocycles. The Morgan fingerprint density at radius 2 is 1.62 bits per heavy atom. The molecule has 1 fully saturated rings. The van der Waals surface area contributed by atoms with Crippen molar-refractivity contribution in [2.24, 2.45) is 0 Å². The van der Waals surface area contributed by atoms with Crippen LogP contribution in [0.2, 0.25) is 0 Å². The predicted molar refractivity (Wildman–Crippen MR) is 163 cm³/mol. The van der Waals surface area contributed by atoms with E-state index in [2.05, 4.69) is 56.7 Å². The van der Waals surface area contributed by atoms with Crippen LogP contribution in [0.25, 0.3) is 22.4 Å². The van der Waals surface area contributed by atoms with Crippen molar-refractivity contribution in [2.75, 3.05) is 48.8 Å². The standard InChI is InChI=1S/C32H33N7O/c1-21-7-9-23(10-8-21)32(40)35-28-6-4-5-26(22(28)2)30-36-29-27(15-16-33-29)31(37-30)34-24-11-13-25(14-12-24)39-19-17-38(3)18-20-39/h4-16H,17-20H2,1-3H3,(H,35,40)(H2,33,34,36,37).